The molecule has 1 amide bonds. The summed E-state index contributed by atoms with van der Waals surface area (Å²) in [5.74, 6) is -0.0679. The molecule has 3 aromatic rings. The van der Waals surface area contributed by atoms with E-state index < -0.39 is 5.97 Å². The number of benzene rings is 3. The third-order valence-corrected chi connectivity index (χ3v) is 5.65. The number of ether oxygens (including phenoxy) is 2. The molecule has 0 bridgehead atoms. The average Bonchev–Trinajstić information content (AvgIpc) is 3.15. The van der Waals surface area contributed by atoms with Gasteiger partial charge in [0.05, 0.1) is 22.8 Å². The van der Waals surface area contributed by atoms with E-state index in [1.807, 2.05) is 37.3 Å². The summed E-state index contributed by atoms with van der Waals surface area (Å²) >= 11 is 7.13. The maximum absolute atomic E-state index is 12.5. The Bertz CT molecular complexity index is 1240. The van der Waals surface area contributed by atoms with Crippen molar-refractivity contribution in [3.05, 3.63) is 93.9 Å². The number of esters is 1. The maximum Gasteiger partial charge on any atom is 0.343 e. The zero-order valence-electron chi connectivity index (χ0n) is 17.6. The highest BCUT2D eigenvalue weighted by Crippen LogP contribution is 2.33. The number of aliphatic imine (C=N–C) groups is 1. The first-order valence-corrected chi connectivity index (χ1v) is 11.3. The quantitative estimate of drug-likeness (QED) is 0.273. The third-order valence-electron chi connectivity index (χ3n) is 4.49. The van der Waals surface area contributed by atoms with Crippen molar-refractivity contribution in [2.75, 3.05) is 6.61 Å². The summed E-state index contributed by atoms with van der Waals surface area (Å²) in [7, 11) is 0. The van der Waals surface area contributed by atoms with Gasteiger partial charge in [0.1, 0.15) is 0 Å². The highest BCUT2D eigenvalue weighted by atomic mass is 35.5. The Balaban J connectivity index is 1.54. The number of carbonyl (C=O) groups excluding carboxylic acids is 2. The average molecular weight is 479 g/mol. The molecule has 0 unspecified atom stereocenters. The fourth-order valence-corrected chi connectivity index (χ4v) is 3.93. The zero-order valence-corrected chi connectivity index (χ0v) is 19.2. The second kappa shape index (κ2) is 10.4. The molecule has 33 heavy (non-hydrogen) atoms. The molecule has 0 aliphatic carbocycles. The number of thioether (sulfide) groups is 1. The molecule has 1 heterocycles. The largest absolute Gasteiger partial charge is 0.490 e. The SMILES string of the molecule is CCOc1cc(/C=C2\SC(=Nc3ccccc3)NC2=O)ccc1OC(=O)c1ccc(Cl)cc1. The summed E-state index contributed by atoms with van der Waals surface area (Å²) < 4.78 is 11.2. The number of rotatable bonds is 6. The van der Waals surface area contributed by atoms with Crippen LogP contribution in [0.25, 0.3) is 6.08 Å². The summed E-state index contributed by atoms with van der Waals surface area (Å²) in [5.41, 5.74) is 1.85. The van der Waals surface area contributed by atoms with E-state index in [4.69, 9.17) is 21.1 Å². The van der Waals surface area contributed by atoms with Crippen LogP contribution in [-0.2, 0) is 4.79 Å². The lowest BCUT2D eigenvalue weighted by molar-refractivity contribution is -0.115. The molecule has 0 spiro atoms. The Labute approximate surface area is 200 Å². The number of nitrogens with one attached hydrogen (secondary N) is 1. The van der Waals surface area contributed by atoms with E-state index in [1.54, 1.807) is 48.5 Å². The third kappa shape index (κ3) is 5.83. The van der Waals surface area contributed by atoms with Gasteiger partial charge >= 0.3 is 5.97 Å². The number of hydrogen-bond donors (Lipinski definition) is 1. The number of hydrogen-bond acceptors (Lipinski definition) is 6. The number of carbonyl (C=O) groups is 2. The summed E-state index contributed by atoms with van der Waals surface area (Å²) in [6.45, 7) is 2.22. The molecule has 0 atom stereocenters. The van der Waals surface area contributed by atoms with Gasteiger partial charge in [-0.1, -0.05) is 35.9 Å². The normalized spacial score (nSPS) is 15.5. The monoisotopic (exact) mass is 478 g/mol. The number of amidine groups is 1. The second-order valence-electron chi connectivity index (χ2n) is 6.85. The minimum Gasteiger partial charge on any atom is -0.490 e. The Morgan fingerprint density at radius 1 is 1.06 bits per heavy atom. The first kappa shape index (κ1) is 22.6. The molecular weight excluding hydrogens is 460 g/mol. The summed E-state index contributed by atoms with van der Waals surface area (Å²) in [4.78, 5) is 29.8. The maximum atomic E-state index is 12.5. The van der Waals surface area contributed by atoms with Gasteiger partial charge in [-0.2, -0.15) is 0 Å². The summed E-state index contributed by atoms with van der Waals surface area (Å²) in [6, 6.07) is 20.9. The predicted octanol–water partition coefficient (Wildman–Crippen LogP) is 5.85. The molecular formula is C25H19ClN2O4S. The van der Waals surface area contributed by atoms with E-state index in [-0.39, 0.29) is 11.7 Å². The van der Waals surface area contributed by atoms with E-state index in [0.29, 0.717) is 33.0 Å². The number of halogens is 1. The molecule has 0 aromatic heterocycles. The van der Waals surface area contributed by atoms with Gasteiger partial charge in [-0.15, -0.1) is 0 Å². The van der Waals surface area contributed by atoms with Gasteiger partial charge in [-0.25, -0.2) is 9.79 Å². The summed E-state index contributed by atoms with van der Waals surface area (Å²) in [5, 5.41) is 3.81. The van der Waals surface area contributed by atoms with Crippen LogP contribution < -0.4 is 14.8 Å². The van der Waals surface area contributed by atoms with Gasteiger partial charge in [-0.05, 0) is 78.9 Å². The second-order valence-corrected chi connectivity index (χ2v) is 8.32. The van der Waals surface area contributed by atoms with Crippen molar-refractivity contribution >= 4 is 52.2 Å². The van der Waals surface area contributed by atoms with Crippen LogP contribution in [0.3, 0.4) is 0 Å². The van der Waals surface area contributed by atoms with Crippen LogP contribution in [0.15, 0.2) is 82.7 Å². The van der Waals surface area contributed by atoms with Crippen LogP contribution in [0.1, 0.15) is 22.8 Å². The molecule has 6 nitrogen and oxygen atoms in total. The summed E-state index contributed by atoms with van der Waals surface area (Å²) in [6.07, 6.45) is 1.74. The van der Waals surface area contributed by atoms with Crippen molar-refractivity contribution in [2.24, 2.45) is 4.99 Å². The van der Waals surface area contributed by atoms with Gasteiger partial charge in [0, 0.05) is 5.02 Å². The molecule has 1 saturated heterocycles. The van der Waals surface area contributed by atoms with Gasteiger partial charge in [0.15, 0.2) is 16.7 Å². The molecule has 1 fully saturated rings. The van der Waals surface area contributed by atoms with Crippen molar-refractivity contribution in [1.29, 1.82) is 0 Å². The molecule has 1 aliphatic heterocycles. The first-order chi connectivity index (χ1) is 16.0. The minimum atomic E-state index is -0.522. The Kier molecular flexibility index (Phi) is 7.12. The van der Waals surface area contributed by atoms with Crippen LogP contribution in [0.2, 0.25) is 5.02 Å². The van der Waals surface area contributed by atoms with Crippen LogP contribution in [0, 0.1) is 0 Å². The van der Waals surface area contributed by atoms with E-state index in [0.717, 1.165) is 11.3 Å². The van der Waals surface area contributed by atoms with E-state index in [2.05, 4.69) is 10.3 Å². The van der Waals surface area contributed by atoms with Crippen molar-refractivity contribution in [1.82, 2.24) is 5.32 Å². The standard InChI is InChI=1S/C25H19ClN2O4S/c1-2-31-21-14-16(8-13-20(21)32-24(30)17-9-11-18(26)12-10-17)15-22-23(29)28-25(33-22)27-19-6-4-3-5-7-19/h3-15H,2H2,1H3,(H,27,28,29)/b22-15-. The van der Waals surface area contributed by atoms with Gasteiger partial charge in [0.2, 0.25) is 0 Å². The van der Waals surface area contributed by atoms with Crippen molar-refractivity contribution in [2.45, 2.75) is 6.92 Å². The fourth-order valence-electron chi connectivity index (χ4n) is 2.96. The highest BCUT2D eigenvalue weighted by Gasteiger charge is 2.24. The molecule has 1 N–H and O–H groups in total. The van der Waals surface area contributed by atoms with E-state index in [1.165, 1.54) is 11.8 Å². The Morgan fingerprint density at radius 3 is 2.55 bits per heavy atom. The number of para-hydroxylation sites is 1. The smallest absolute Gasteiger partial charge is 0.343 e. The lowest BCUT2D eigenvalue weighted by atomic mass is 10.1. The topological polar surface area (TPSA) is 77.0 Å². The van der Waals surface area contributed by atoms with Gasteiger partial charge < -0.3 is 14.8 Å². The Hall–Kier alpha value is -3.55. The fraction of sp³-hybridized carbons (Fsp3) is 0.0800. The van der Waals surface area contributed by atoms with Gasteiger partial charge in [-0.3, -0.25) is 4.79 Å². The highest BCUT2D eigenvalue weighted by molar-refractivity contribution is 8.18. The van der Waals surface area contributed by atoms with E-state index >= 15 is 0 Å². The molecule has 1 aliphatic rings. The lowest BCUT2D eigenvalue weighted by Gasteiger charge is -2.11. The van der Waals surface area contributed by atoms with E-state index in [9.17, 15) is 9.59 Å². The van der Waals surface area contributed by atoms with Crippen LogP contribution in [0.5, 0.6) is 11.5 Å². The lowest BCUT2D eigenvalue weighted by Crippen LogP contribution is -2.19. The van der Waals surface area contributed by atoms with Crippen LogP contribution >= 0.6 is 23.4 Å². The number of nitrogens with zero attached hydrogens (tertiary/aromatic N) is 1. The minimum absolute atomic E-state index is 0.231. The zero-order chi connectivity index (χ0) is 23.2. The van der Waals surface area contributed by atoms with Crippen molar-refractivity contribution < 1.29 is 19.1 Å². The Morgan fingerprint density at radius 2 is 1.82 bits per heavy atom. The molecule has 0 saturated carbocycles. The predicted molar refractivity (Wildman–Crippen MR) is 131 cm³/mol. The number of amides is 1. The van der Waals surface area contributed by atoms with Crippen molar-refractivity contribution in [3.63, 3.8) is 0 Å². The molecule has 0 radical (unpaired) electrons. The molecule has 4 rings (SSSR count). The molecule has 3 aromatic carbocycles. The first-order valence-electron chi connectivity index (χ1n) is 10.1. The van der Waals surface area contributed by atoms with Crippen LogP contribution in [0.4, 0.5) is 5.69 Å². The van der Waals surface area contributed by atoms with Crippen molar-refractivity contribution in [3.8, 4) is 11.5 Å². The molecule has 166 valence electrons. The van der Waals surface area contributed by atoms with Gasteiger partial charge in [0.25, 0.3) is 5.91 Å². The van der Waals surface area contributed by atoms with Crippen LogP contribution in [-0.4, -0.2) is 23.7 Å². The molecule has 8 heteroatoms.